The second-order valence-electron chi connectivity index (χ2n) is 5.26. The lowest BCUT2D eigenvalue weighted by molar-refractivity contribution is 0.164. The summed E-state index contributed by atoms with van der Waals surface area (Å²) in [6, 6.07) is 19.1. The van der Waals surface area contributed by atoms with Gasteiger partial charge in [-0.3, -0.25) is 0 Å². The highest BCUT2D eigenvalue weighted by molar-refractivity contribution is 5.52. The minimum Gasteiger partial charge on any atom is -0.384 e. The third kappa shape index (κ3) is 4.39. The summed E-state index contributed by atoms with van der Waals surface area (Å²) in [5.41, 5.74) is 3.90. The van der Waals surface area contributed by atoms with Gasteiger partial charge < -0.3 is 10.1 Å². The summed E-state index contributed by atoms with van der Waals surface area (Å²) >= 11 is 0. The maximum atomic E-state index is 5.18. The molecule has 0 saturated heterocycles. The van der Waals surface area contributed by atoms with E-state index in [1.807, 2.05) is 0 Å². The third-order valence-electron chi connectivity index (χ3n) is 3.35. The van der Waals surface area contributed by atoms with E-state index in [1.54, 1.807) is 7.11 Å². The Morgan fingerprint density at radius 3 is 2.45 bits per heavy atom. The number of nitrogens with one attached hydrogen (secondary N) is 1. The predicted octanol–water partition coefficient (Wildman–Crippen LogP) is 3.97. The maximum absolute atomic E-state index is 5.18. The molecule has 2 aromatic rings. The van der Waals surface area contributed by atoms with Crippen LogP contribution in [0.2, 0.25) is 0 Å². The Kier molecular flexibility index (Phi) is 5.63. The molecule has 2 heteroatoms. The van der Waals surface area contributed by atoms with Crippen molar-refractivity contribution in [3.05, 3.63) is 65.7 Å². The second kappa shape index (κ2) is 7.71. The van der Waals surface area contributed by atoms with Gasteiger partial charge in [0.25, 0.3) is 0 Å². The van der Waals surface area contributed by atoms with Gasteiger partial charge in [0.05, 0.1) is 6.61 Å². The van der Waals surface area contributed by atoms with E-state index in [0.717, 1.165) is 19.6 Å². The zero-order valence-electron chi connectivity index (χ0n) is 12.3. The van der Waals surface area contributed by atoms with E-state index in [2.05, 4.69) is 66.8 Å². The van der Waals surface area contributed by atoms with E-state index in [4.69, 9.17) is 4.74 Å². The first-order valence-electron chi connectivity index (χ1n) is 7.14. The van der Waals surface area contributed by atoms with Crippen LogP contribution >= 0.6 is 0 Å². The molecule has 2 nitrogen and oxygen atoms in total. The molecule has 0 aliphatic heterocycles. The zero-order valence-corrected chi connectivity index (χ0v) is 12.3. The van der Waals surface area contributed by atoms with Crippen LogP contribution in [-0.4, -0.2) is 20.3 Å². The molecule has 20 heavy (non-hydrogen) atoms. The summed E-state index contributed by atoms with van der Waals surface area (Å²) < 4.78 is 5.18. The van der Waals surface area contributed by atoms with Crippen LogP contribution in [-0.2, 0) is 11.2 Å². The largest absolute Gasteiger partial charge is 0.384 e. The quantitative estimate of drug-likeness (QED) is 0.821. The fourth-order valence-corrected chi connectivity index (χ4v) is 2.29. The minimum atomic E-state index is 0.504. The van der Waals surface area contributed by atoms with E-state index in [9.17, 15) is 0 Å². The van der Waals surface area contributed by atoms with E-state index < -0.39 is 0 Å². The number of rotatable bonds is 7. The van der Waals surface area contributed by atoms with E-state index in [1.165, 1.54) is 16.8 Å². The first-order valence-corrected chi connectivity index (χ1v) is 7.14. The number of ether oxygens (including phenoxy) is 1. The summed E-state index contributed by atoms with van der Waals surface area (Å²) in [6.45, 7) is 3.91. The zero-order chi connectivity index (χ0) is 14.2. The highest BCUT2D eigenvalue weighted by Gasteiger charge is 2.05. The molecule has 2 rings (SSSR count). The number of benzene rings is 2. The molecule has 0 amide bonds. The van der Waals surface area contributed by atoms with Crippen LogP contribution in [0.25, 0.3) is 0 Å². The molecule has 106 valence electrons. The van der Waals surface area contributed by atoms with Gasteiger partial charge in [-0.25, -0.2) is 0 Å². The normalized spacial score (nSPS) is 12.1. The van der Waals surface area contributed by atoms with Gasteiger partial charge in [0.1, 0.15) is 0 Å². The molecule has 0 aliphatic rings. The van der Waals surface area contributed by atoms with Crippen molar-refractivity contribution in [3.8, 4) is 0 Å². The Bertz CT molecular complexity index is 510. The summed E-state index contributed by atoms with van der Waals surface area (Å²) in [5.74, 6) is 0.504. The lowest BCUT2D eigenvalue weighted by atomic mass is 10.0. The summed E-state index contributed by atoms with van der Waals surface area (Å²) in [7, 11) is 1.75. The number of para-hydroxylation sites is 1. The van der Waals surface area contributed by atoms with Crippen LogP contribution in [0.4, 0.5) is 5.69 Å². The van der Waals surface area contributed by atoms with Gasteiger partial charge in [-0.2, -0.15) is 0 Å². The van der Waals surface area contributed by atoms with Crippen LogP contribution in [0, 0.1) is 5.92 Å². The Balaban J connectivity index is 2.02. The molecule has 0 aromatic heterocycles. The molecular formula is C18H23NO. The van der Waals surface area contributed by atoms with Gasteiger partial charge in [0.2, 0.25) is 0 Å². The third-order valence-corrected chi connectivity index (χ3v) is 3.35. The second-order valence-corrected chi connectivity index (χ2v) is 5.26. The molecular weight excluding hydrogens is 246 g/mol. The van der Waals surface area contributed by atoms with E-state index in [0.29, 0.717) is 5.92 Å². The SMILES string of the molecule is COCC(C)CNc1ccccc1Cc1ccccc1. The number of hydrogen-bond acceptors (Lipinski definition) is 2. The molecule has 1 unspecified atom stereocenters. The molecule has 0 saturated carbocycles. The highest BCUT2D eigenvalue weighted by Crippen LogP contribution is 2.19. The number of anilines is 1. The van der Waals surface area contributed by atoms with Gasteiger partial charge in [-0.05, 0) is 29.5 Å². The lowest BCUT2D eigenvalue weighted by Gasteiger charge is -2.15. The number of methoxy groups -OCH3 is 1. The van der Waals surface area contributed by atoms with Crippen molar-refractivity contribution < 1.29 is 4.74 Å². The van der Waals surface area contributed by atoms with Crippen LogP contribution in [0.5, 0.6) is 0 Å². The topological polar surface area (TPSA) is 21.3 Å². The van der Waals surface area contributed by atoms with Gasteiger partial charge in [-0.1, -0.05) is 55.5 Å². The average Bonchev–Trinajstić information content (AvgIpc) is 2.48. The molecule has 0 bridgehead atoms. The van der Waals surface area contributed by atoms with Gasteiger partial charge in [0.15, 0.2) is 0 Å². The molecule has 1 N–H and O–H groups in total. The maximum Gasteiger partial charge on any atom is 0.0504 e. The summed E-state index contributed by atoms with van der Waals surface area (Å²) in [5, 5.41) is 3.54. The Labute approximate surface area is 121 Å². The molecule has 2 aromatic carbocycles. The molecule has 0 radical (unpaired) electrons. The van der Waals surface area contributed by atoms with E-state index >= 15 is 0 Å². The summed E-state index contributed by atoms with van der Waals surface area (Å²) in [6.07, 6.45) is 0.961. The van der Waals surface area contributed by atoms with Crippen molar-refractivity contribution in [2.75, 3.05) is 25.6 Å². The number of hydrogen-bond donors (Lipinski definition) is 1. The van der Waals surface area contributed by atoms with Gasteiger partial charge in [0, 0.05) is 19.3 Å². The van der Waals surface area contributed by atoms with Crippen LogP contribution in [0.1, 0.15) is 18.1 Å². The average molecular weight is 269 g/mol. The highest BCUT2D eigenvalue weighted by atomic mass is 16.5. The smallest absolute Gasteiger partial charge is 0.0504 e. The fourth-order valence-electron chi connectivity index (χ4n) is 2.29. The van der Waals surface area contributed by atoms with Crippen molar-refractivity contribution in [2.45, 2.75) is 13.3 Å². The first-order chi connectivity index (χ1) is 9.79. The Hall–Kier alpha value is -1.80. The summed E-state index contributed by atoms with van der Waals surface area (Å²) in [4.78, 5) is 0. The van der Waals surface area contributed by atoms with Crippen molar-refractivity contribution >= 4 is 5.69 Å². The van der Waals surface area contributed by atoms with E-state index in [-0.39, 0.29) is 0 Å². The van der Waals surface area contributed by atoms with Crippen LogP contribution < -0.4 is 5.32 Å². The monoisotopic (exact) mass is 269 g/mol. The predicted molar refractivity (Wildman–Crippen MR) is 85.2 cm³/mol. The molecule has 0 spiro atoms. The standard InChI is InChI=1S/C18H23NO/c1-15(14-20-2)13-19-18-11-7-6-10-17(18)12-16-8-4-3-5-9-16/h3-11,15,19H,12-14H2,1-2H3. The van der Waals surface area contributed by atoms with Crippen molar-refractivity contribution in [2.24, 2.45) is 5.92 Å². The Morgan fingerprint density at radius 2 is 1.70 bits per heavy atom. The first kappa shape index (κ1) is 14.6. The van der Waals surface area contributed by atoms with Crippen LogP contribution in [0.3, 0.4) is 0 Å². The van der Waals surface area contributed by atoms with Crippen molar-refractivity contribution in [1.82, 2.24) is 0 Å². The minimum absolute atomic E-state index is 0.504. The molecule has 0 aliphatic carbocycles. The molecule has 0 heterocycles. The van der Waals surface area contributed by atoms with Crippen LogP contribution in [0.15, 0.2) is 54.6 Å². The Morgan fingerprint density at radius 1 is 1.00 bits per heavy atom. The molecule has 1 atom stereocenters. The lowest BCUT2D eigenvalue weighted by Crippen LogP contribution is -2.16. The fraction of sp³-hybridized carbons (Fsp3) is 0.333. The van der Waals surface area contributed by atoms with Gasteiger partial charge in [-0.15, -0.1) is 0 Å². The van der Waals surface area contributed by atoms with Crippen molar-refractivity contribution in [1.29, 1.82) is 0 Å². The van der Waals surface area contributed by atoms with Gasteiger partial charge >= 0.3 is 0 Å². The van der Waals surface area contributed by atoms with Crippen molar-refractivity contribution in [3.63, 3.8) is 0 Å². The molecule has 0 fully saturated rings.